The largest absolute Gasteiger partial charge is 0.400 e. The Morgan fingerprint density at radius 1 is 1.36 bits per heavy atom. The molecule has 1 saturated heterocycles. The van der Waals surface area contributed by atoms with Gasteiger partial charge in [-0.05, 0) is 6.42 Å². The Balaban J connectivity index is 0.000001000. The van der Waals surface area contributed by atoms with E-state index in [9.17, 15) is 13.2 Å². The van der Waals surface area contributed by atoms with Crippen LogP contribution >= 0.6 is 24.2 Å². The fourth-order valence-electron chi connectivity index (χ4n) is 0.879. The van der Waals surface area contributed by atoms with E-state index in [0.29, 0.717) is 5.75 Å². The van der Waals surface area contributed by atoms with Crippen molar-refractivity contribution < 1.29 is 13.2 Å². The summed E-state index contributed by atoms with van der Waals surface area (Å²) in [5, 5.41) is -1.22. The summed E-state index contributed by atoms with van der Waals surface area (Å²) < 4.78 is 35.6. The maximum Gasteiger partial charge on any atom is 0.400 e. The van der Waals surface area contributed by atoms with Crippen LogP contribution in [0, 0.1) is 0 Å². The molecule has 0 bridgehead atoms. The quantitative estimate of drug-likeness (QED) is 0.656. The van der Waals surface area contributed by atoms with Gasteiger partial charge in [0.1, 0.15) is 5.25 Å². The molecule has 6 heteroatoms. The number of alkyl halides is 3. The van der Waals surface area contributed by atoms with E-state index in [4.69, 9.17) is 5.73 Å². The normalized spacial score (nSPS) is 31.6. The van der Waals surface area contributed by atoms with Gasteiger partial charge in [-0.2, -0.15) is 13.2 Å². The molecular formula is C5H9ClF3NS. The van der Waals surface area contributed by atoms with Gasteiger partial charge in [-0.1, -0.05) is 0 Å². The molecule has 0 amide bonds. The molecule has 1 fully saturated rings. The van der Waals surface area contributed by atoms with E-state index in [1.807, 2.05) is 0 Å². The summed E-state index contributed by atoms with van der Waals surface area (Å²) in [5.74, 6) is 0.435. The molecule has 0 unspecified atom stereocenters. The fraction of sp³-hybridized carbons (Fsp3) is 1.00. The Morgan fingerprint density at radius 3 is 2.09 bits per heavy atom. The molecule has 1 aliphatic heterocycles. The molecule has 1 aliphatic rings. The lowest BCUT2D eigenvalue weighted by atomic mass is 10.2. The molecule has 2 atom stereocenters. The molecule has 1 rings (SSSR count). The first kappa shape index (κ1) is 11.4. The highest BCUT2D eigenvalue weighted by atomic mass is 35.5. The van der Waals surface area contributed by atoms with E-state index in [0.717, 1.165) is 11.8 Å². The molecule has 1 nitrogen and oxygen atoms in total. The van der Waals surface area contributed by atoms with Gasteiger partial charge in [-0.25, -0.2) is 0 Å². The average molecular weight is 208 g/mol. The molecule has 2 N–H and O–H groups in total. The second-order valence-corrected chi connectivity index (χ2v) is 3.60. The molecule has 0 spiro atoms. The number of hydrogen-bond acceptors (Lipinski definition) is 2. The molecule has 1 heterocycles. The predicted molar refractivity (Wildman–Crippen MR) is 42.1 cm³/mol. The minimum atomic E-state index is -4.06. The van der Waals surface area contributed by atoms with Crippen LogP contribution in [0.2, 0.25) is 0 Å². The van der Waals surface area contributed by atoms with E-state index < -0.39 is 11.4 Å². The van der Waals surface area contributed by atoms with E-state index in [1.54, 1.807) is 0 Å². The first-order chi connectivity index (χ1) is 4.50. The van der Waals surface area contributed by atoms with Crippen molar-refractivity contribution in [3.8, 4) is 0 Å². The van der Waals surface area contributed by atoms with Crippen LogP contribution < -0.4 is 5.73 Å². The monoisotopic (exact) mass is 207 g/mol. The van der Waals surface area contributed by atoms with Crippen LogP contribution in [0.15, 0.2) is 0 Å². The van der Waals surface area contributed by atoms with Crippen molar-refractivity contribution in [2.24, 2.45) is 5.73 Å². The number of rotatable bonds is 0. The lowest BCUT2D eigenvalue weighted by Gasteiger charge is -2.12. The Labute approximate surface area is 73.3 Å². The zero-order chi connectivity index (χ0) is 7.78. The Hall–Kier alpha value is 0.390. The molecule has 11 heavy (non-hydrogen) atoms. The summed E-state index contributed by atoms with van der Waals surface area (Å²) >= 11 is 0.907. The van der Waals surface area contributed by atoms with Gasteiger partial charge in [-0.15, -0.1) is 24.2 Å². The topological polar surface area (TPSA) is 26.0 Å². The maximum atomic E-state index is 11.9. The van der Waals surface area contributed by atoms with Crippen LogP contribution in [0.4, 0.5) is 13.2 Å². The minimum absolute atomic E-state index is 0. The summed E-state index contributed by atoms with van der Waals surface area (Å²) in [5.41, 5.74) is 5.30. The third kappa shape index (κ3) is 3.09. The van der Waals surface area contributed by atoms with Gasteiger partial charge >= 0.3 is 6.18 Å². The molecule has 0 aromatic rings. The van der Waals surface area contributed by atoms with Gasteiger partial charge < -0.3 is 5.73 Å². The van der Waals surface area contributed by atoms with Gasteiger partial charge in [0.2, 0.25) is 0 Å². The average Bonchev–Trinajstić information content (AvgIpc) is 2.11. The van der Waals surface area contributed by atoms with E-state index in [2.05, 4.69) is 0 Å². The molecule has 0 aromatic carbocycles. The smallest absolute Gasteiger partial charge is 0.327 e. The second-order valence-electron chi connectivity index (χ2n) is 2.36. The fourth-order valence-corrected chi connectivity index (χ4v) is 2.07. The summed E-state index contributed by atoms with van der Waals surface area (Å²) in [6, 6.07) is -0.267. The summed E-state index contributed by atoms with van der Waals surface area (Å²) in [4.78, 5) is 0. The van der Waals surface area contributed by atoms with Crippen molar-refractivity contribution in [1.82, 2.24) is 0 Å². The van der Waals surface area contributed by atoms with Gasteiger partial charge in [0.05, 0.1) is 0 Å². The number of halogens is 4. The number of hydrogen-bond donors (Lipinski definition) is 1. The molecule has 0 aromatic heterocycles. The molecule has 68 valence electrons. The van der Waals surface area contributed by atoms with E-state index >= 15 is 0 Å². The molecule has 0 radical (unpaired) electrons. The Kier molecular flexibility index (Phi) is 4.00. The minimum Gasteiger partial charge on any atom is -0.327 e. The Bertz CT molecular complexity index is 129. The van der Waals surface area contributed by atoms with Gasteiger partial charge in [-0.3, -0.25) is 0 Å². The van der Waals surface area contributed by atoms with Crippen LogP contribution in [0.5, 0.6) is 0 Å². The SMILES string of the molecule is Cl.N[C@@H]1CS[C@@H](C(F)(F)F)C1. The third-order valence-electron chi connectivity index (χ3n) is 1.39. The third-order valence-corrected chi connectivity index (χ3v) is 2.88. The van der Waals surface area contributed by atoms with Crippen LogP contribution in [0.3, 0.4) is 0 Å². The molecule has 0 aliphatic carbocycles. The van der Waals surface area contributed by atoms with Crippen LogP contribution in [-0.4, -0.2) is 23.2 Å². The summed E-state index contributed by atoms with van der Waals surface area (Å²) in [7, 11) is 0. The first-order valence-corrected chi connectivity index (χ1v) is 3.99. The maximum absolute atomic E-state index is 11.9. The zero-order valence-corrected chi connectivity index (χ0v) is 7.23. The lowest BCUT2D eigenvalue weighted by molar-refractivity contribution is -0.129. The first-order valence-electron chi connectivity index (χ1n) is 2.94. The standard InChI is InChI=1S/C5H8F3NS.ClH/c6-5(7,8)4-1-3(9)2-10-4;/h3-4H,1-2,9H2;1H/t3-,4+;/m0./s1. The summed E-state index contributed by atoms with van der Waals surface area (Å²) in [6.45, 7) is 0. The van der Waals surface area contributed by atoms with E-state index in [1.165, 1.54) is 0 Å². The van der Waals surface area contributed by atoms with Crippen molar-refractivity contribution in [1.29, 1.82) is 0 Å². The summed E-state index contributed by atoms with van der Waals surface area (Å²) in [6.07, 6.45) is -3.98. The number of thioether (sulfide) groups is 1. The van der Waals surface area contributed by atoms with Crippen molar-refractivity contribution in [2.75, 3.05) is 5.75 Å². The van der Waals surface area contributed by atoms with Crippen molar-refractivity contribution in [3.05, 3.63) is 0 Å². The van der Waals surface area contributed by atoms with Crippen molar-refractivity contribution in [3.63, 3.8) is 0 Å². The van der Waals surface area contributed by atoms with Crippen LogP contribution in [-0.2, 0) is 0 Å². The van der Waals surface area contributed by atoms with Crippen molar-refractivity contribution >= 4 is 24.2 Å². The van der Waals surface area contributed by atoms with Gasteiger partial charge in [0, 0.05) is 11.8 Å². The van der Waals surface area contributed by atoms with E-state index in [-0.39, 0.29) is 24.9 Å². The highest BCUT2D eigenvalue weighted by molar-refractivity contribution is 8.00. The number of nitrogens with two attached hydrogens (primary N) is 1. The van der Waals surface area contributed by atoms with Crippen LogP contribution in [0.1, 0.15) is 6.42 Å². The Morgan fingerprint density at radius 2 is 1.91 bits per heavy atom. The predicted octanol–water partition coefficient (Wildman–Crippen LogP) is 1.80. The molecular weight excluding hydrogens is 199 g/mol. The highest BCUT2D eigenvalue weighted by Gasteiger charge is 2.43. The highest BCUT2D eigenvalue weighted by Crippen LogP contribution is 2.38. The second kappa shape index (κ2) is 3.87. The van der Waals surface area contributed by atoms with Crippen molar-refractivity contribution in [2.45, 2.75) is 23.9 Å². The molecule has 0 saturated carbocycles. The van der Waals surface area contributed by atoms with Gasteiger partial charge in [0.25, 0.3) is 0 Å². The lowest BCUT2D eigenvalue weighted by Crippen LogP contribution is -2.27. The zero-order valence-electron chi connectivity index (χ0n) is 5.60. The van der Waals surface area contributed by atoms with Gasteiger partial charge in [0.15, 0.2) is 0 Å². The van der Waals surface area contributed by atoms with Crippen LogP contribution in [0.25, 0.3) is 0 Å².